The molecule has 1 aliphatic rings. The molecule has 0 bridgehead atoms. The maximum absolute atomic E-state index is 13.3. The number of benzene rings is 2. The van der Waals surface area contributed by atoms with E-state index in [1.54, 1.807) is 12.1 Å². The highest BCUT2D eigenvalue weighted by Crippen LogP contribution is 2.17. The van der Waals surface area contributed by atoms with Crippen molar-refractivity contribution in [3.63, 3.8) is 0 Å². The maximum atomic E-state index is 13.3. The first-order chi connectivity index (χ1) is 14.2. The first kappa shape index (κ1) is 19.3. The summed E-state index contributed by atoms with van der Waals surface area (Å²) in [4.78, 5) is 21.1. The average molecular weight is 394 g/mol. The Bertz CT molecular complexity index is 952. The molecule has 1 fully saturated rings. The summed E-state index contributed by atoms with van der Waals surface area (Å²) in [6.07, 6.45) is 0.703. The van der Waals surface area contributed by atoms with E-state index in [1.165, 1.54) is 17.7 Å². The van der Waals surface area contributed by atoms with Crippen molar-refractivity contribution in [3.05, 3.63) is 71.9 Å². The third-order valence-electron chi connectivity index (χ3n) is 5.08. The number of piperazine rings is 1. The van der Waals surface area contributed by atoms with Gasteiger partial charge in [0.15, 0.2) is 0 Å². The van der Waals surface area contributed by atoms with E-state index in [4.69, 9.17) is 4.52 Å². The van der Waals surface area contributed by atoms with Gasteiger partial charge in [0.2, 0.25) is 17.6 Å². The third-order valence-corrected chi connectivity index (χ3v) is 5.08. The molecule has 2 aromatic carbocycles. The summed E-state index contributed by atoms with van der Waals surface area (Å²) in [5.41, 5.74) is 1.85. The van der Waals surface area contributed by atoms with Crippen LogP contribution in [0.2, 0.25) is 0 Å². The van der Waals surface area contributed by atoms with E-state index in [1.807, 2.05) is 23.1 Å². The second-order valence-corrected chi connectivity index (χ2v) is 7.16. The van der Waals surface area contributed by atoms with E-state index in [-0.39, 0.29) is 11.7 Å². The van der Waals surface area contributed by atoms with Crippen molar-refractivity contribution in [1.29, 1.82) is 0 Å². The molecule has 0 N–H and O–H groups in total. The highest BCUT2D eigenvalue weighted by atomic mass is 19.1. The van der Waals surface area contributed by atoms with Crippen LogP contribution in [0.1, 0.15) is 17.9 Å². The summed E-state index contributed by atoms with van der Waals surface area (Å²) in [6, 6.07) is 16.4. The van der Waals surface area contributed by atoms with Gasteiger partial charge in [0.1, 0.15) is 5.82 Å². The van der Waals surface area contributed by atoms with Crippen LogP contribution in [0.4, 0.5) is 4.39 Å². The SMILES string of the molecule is O=C(CCc1nc(-c2cccc(F)c2)no1)N1CCN(Cc2ccccc2)CC1. The van der Waals surface area contributed by atoms with Crippen molar-refractivity contribution in [2.45, 2.75) is 19.4 Å². The predicted octanol–water partition coefficient (Wildman–Crippen LogP) is 3.15. The summed E-state index contributed by atoms with van der Waals surface area (Å²) < 4.78 is 18.5. The number of rotatable bonds is 6. The average Bonchev–Trinajstić information content (AvgIpc) is 3.22. The van der Waals surface area contributed by atoms with E-state index >= 15 is 0 Å². The van der Waals surface area contributed by atoms with E-state index in [0.717, 1.165) is 32.7 Å². The minimum Gasteiger partial charge on any atom is -0.340 e. The van der Waals surface area contributed by atoms with E-state index in [9.17, 15) is 9.18 Å². The molecule has 0 spiro atoms. The molecule has 3 aromatic rings. The first-order valence-electron chi connectivity index (χ1n) is 9.80. The molecule has 150 valence electrons. The van der Waals surface area contributed by atoms with E-state index in [0.29, 0.717) is 30.1 Å². The summed E-state index contributed by atoms with van der Waals surface area (Å²) in [5.74, 6) is 0.465. The summed E-state index contributed by atoms with van der Waals surface area (Å²) >= 11 is 0. The lowest BCUT2D eigenvalue weighted by atomic mass is 10.2. The minimum atomic E-state index is -0.351. The van der Waals surface area contributed by atoms with Gasteiger partial charge in [-0.25, -0.2) is 4.39 Å². The molecule has 6 nitrogen and oxygen atoms in total. The molecule has 0 unspecified atom stereocenters. The Morgan fingerprint density at radius 1 is 1.03 bits per heavy atom. The largest absolute Gasteiger partial charge is 0.340 e. The fourth-order valence-corrected chi connectivity index (χ4v) is 3.47. The number of hydrogen-bond donors (Lipinski definition) is 0. The van der Waals surface area contributed by atoms with Gasteiger partial charge in [-0.15, -0.1) is 0 Å². The van der Waals surface area contributed by atoms with Gasteiger partial charge in [-0.2, -0.15) is 4.98 Å². The number of amides is 1. The molecule has 0 saturated carbocycles. The lowest BCUT2D eigenvalue weighted by molar-refractivity contribution is -0.133. The third kappa shape index (κ3) is 5.06. The predicted molar refractivity (Wildman–Crippen MR) is 106 cm³/mol. The fraction of sp³-hybridized carbons (Fsp3) is 0.318. The Morgan fingerprint density at radius 2 is 1.83 bits per heavy atom. The van der Waals surface area contributed by atoms with Gasteiger partial charge in [-0.1, -0.05) is 47.6 Å². The van der Waals surface area contributed by atoms with Crippen molar-refractivity contribution in [3.8, 4) is 11.4 Å². The zero-order chi connectivity index (χ0) is 20.1. The van der Waals surface area contributed by atoms with Crippen LogP contribution in [0.3, 0.4) is 0 Å². The molecule has 1 saturated heterocycles. The van der Waals surface area contributed by atoms with Crippen LogP contribution in [0.15, 0.2) is 59.1 Å². The van der Waals surface area contributed by atoms with E-state index in [2.05, 4.69) is 27.2 Å². The van der Waals surface area contributed by atoms with Gasteiger partial charge < -0.3 is 9.42 Å². The number of halogens is 1. The molecule has 0 radical (unpaired) electrons. The quantitative estimate of drug-likeness (QED) is 0.643. The van der Waals surface area contributed by atoms with Crippen LogP contribution in [0.5, 0.6) is 0 Å². The molecule has 0 aliphatic carbocycles. The number of hydrogen-bond acceptors (Lipinski definition) is 5. The maximum Gasteiger partial charge on any atom is 0.227 e. The highest BCUT2D eigenvalue weighted by molar-refractivity contribution is 5.76. The molecule has 1 amide bonds. The molecule has 1 aromatic heterocycles. The van der Waals surface area contributed by atoms with Crippen LogP contribution in [0.25, 0.3) is 11.4 Å². The second kappa shape index (κ2) is 8.96. The molecule has 1 aliphatic heterocycles. The van der Waals surface area contributed by atoms with Gasteiger partial charge in [0.25, 0.3) is 0 Å². The Labute approximate surface area is 168 Å². The van der Waals surface area contributed by atoms with Crippen molar-refractivity contribution in [2.24, 2.45) is 0 Å². The smallest absolute Gasteiger partial charge is 0.227 e. The number of carbonyl (C=O) groups excluding carboxylic acids is 1. The second-order valence-electron chi connectivity index (χ2n) is 7.16. The zero-order valence-corrected chi connectivity index (χ0v) is 16.1. The van der Waals surface area contributed by atoms with Crippen molar-refractivity contribution >= 4 is 5.91 Å². The summed E-state index contributed by atoms with van der Waals surface area (Å²) in [5, 5.41) is 3.88. The van der Waals surface area contributed by atoms with Crippen LogP contribution >= 0.6 is 0 Å². The molecular formula is C22H23FN4O2. The fourth-order valence-electron chi connectivity index (χ4n) is 3.47. The van der Waals surface area contributed by atoms with Gasteiger partial charge in [0.05, 0.1) is 0 Å². The summed E-state index contributed by atoms with van der Waals surface area (Å²) in [6.45, 7) is 4.09. The lowest BCUT2D eigenvalue weighted by Gasteiger charge is -2.34. The van der Waals surface area contributed by atoms with Crippen molar-refractivity contribution < 1.29 is 13.7 Å². The van der Waals surface area contributed by atoms with Crippen LogP contribution in [0, 0.1) is 5.82 Å². The number of carbonyl (C=O) groups is 1. The Kier molecular flexibility index (Phi) is 5.95. The Morgan fingerprint density at radius 3 is 2.59 bits per heavy atom. The monoisotopic (exact) mass is 394 g/mol. The van der Waals surface area contributed by atoms with Gasteiger partial charge in [0, 0.05) is 51.1 Å². The molecule has 0 atom stereocenters. The van der Waals surface area contributed by atoms with Gasteiger partial charge in [-0.05, 0) is 17.7 Å². The van der Waals surface area contributed by atoms with Gasteiger partial charge >= 0.3 is 0 Å². The molecular weight excluding hydrogens is 371 g/mol. The number of aryl methyl sites for hydroxylation is 1. The van der Waals surface area contributed by atoms with E-state index < -0.39 is 0 Å². The topological polar surface area (TPSA) is 62.5 Å². The standard InChI is InChI=1S/C22H23FN4O2/c23-19-8-4-7-18(15-19)22-24-20(29-25-22)9-10-21(28)27-13-11-26(12-14-27)16-17-5-2-1-3-6-17/h1-8,15H,9-14,16H2. The van der Waals surface area contributed by atoms with Crippen molar-refractivity contribution in [2.75, 3.05) is 26.2 Å². The molecule has 2 heterocycles. The number of aromatic nitrogens is 2. The van der Waals surface area contributed by atoms with Gasteiger partial charge in [-0.3, -0.25) is 9.69 Å². The Balaban J connectivity index is 1.24. The van der Waals surface area contributed by atoms with Crippen molar-refractivity contribution in [1.82, 2.24) is 19.9 Å². The molecule has 7 heteroatoms. The zero-order valence-electron chi connectivity index (χ0n) is 16.1. The number of nitrogens with zero attached hydrogens (tertiary/aromatic N) is 4. The lowest BCUT2D eigenvalue weighted by Crippen LogP contribution is -2.48. The first-order valence-corrected chi connectivity index (χ1v) is 9.80. The normalized spacial score (nSPS) is 14.9. The molecule has 4 rings (SSSR count). The van der Waals surface area contributed by atoms with Crippen LogP contribution in [-0.4, -0.2) is 52.0 Å². The summed E-state index contributed by atoms with van der Waals surface area (Å²) in [7, 11) is 0. The minimum absolute atomic E-state index is 0.0925. The van der Waals surface area contributed by atoms with Crippen LogP contribution < -0.4 is 0 Å². The van der Waals surface area contributed by atoms with Crippen LogP contribution in [-0.2, 0) is 17.8 Å². The highest BCUT2D eigenvalue weighted by Gasteiger charge is 2.21. The molecule has 29 heavy (non-hydrogen) atoms. The Hall–Kier alpha value is -3.06.